The molecule has 2 aromatic carbocycles. The number of hydrogen-bond donors (Lipinski definition) is 0. The maximum atomic E-state index is 12.8. The summed E-state index contributed by atoms with van der Waals surface area (Å²) in [6, 6.07) is 13.7. The predicted molar refractivity (Wildman–Crippen MR) is 94.6 cm³/mol. The van der Waals surface area contributed by atoms with Crippen LogP contribution in [-0.2, 0) is 15.8 Å². The Bertz CT molecular complexity index is 917. The highest BCUT2D eigenvalue weighted by atomic mass is 19.4. The molecule has 4 rings (SSSR count). The average Bonchev–Trinajstić information content (AvgIpc) is 2.92. The van der Waals surface area contributed by atoms with Crippen molar-refractivity contribution in [1.29, 1.82) is 0 Å². The first kappa shape index (κ1) is 17.5. The van der Waals surface area contributed by atoms with E-state index in [1.165, 1.54) is 17.0 Å². The third kappa shape index (κ3) is 3.05. The monoisotopic (exact) mass is 371 g/mol. The normalized spacial score (nSPS) is 22.6. The number of fused-ring (bicyclic) bond motifs is 1. The van der Waals surface area contributed by atoms with E-state index in [1.54, 1.807) is 24.3 Å². The van der Waals surface area contributed by atoms with Crippen molar-refractivity contribution in [3.05, 3.63) is 71.8 Å². The van der Waals surface area contributed by atoms with Crippen LogP contribution in [0.5, 0.6) is 0 Å². The van der Waals surface area contributed by atoms with Gasteiger partial charge in [0, 0.05) is 0 Å². The fourth-order valence-electron chi connectivity index (χ4n) is 3.81. The number of carbonyl (C=O) groups is 2. The zero-order valence-corrected chi connectivity index (χ0v) is 14.2. The minimum atomic E-state index is -4.38. The van der Waals surface area contributed by atoms with Gasteiger partial charge in [-0.05, 0) is 48.2 Å². The van der Waals surface area contributed by atoms with Crippen molar-refractivity contribution in [3.63, 3.8) is 0 Å². The molecule has 0 unspecified atom stereocenters. The Balaban J connectivity index is 1.58. The highest BCUT2D eigenvalue weighted by molar-refractivity contribution is 6.22. The molecule has 0 aromatic heterocycles. The fourth-order valence-corrected chi connectivity index (χ4v) is 3.81. The quantitative estimate of drug-likeness (QED) is 0.719. The van der Waals surface area contributed by atoms with Gasteiger partial charge in [-0.2, -0.15) is 13.2 Å². The van der Waals surface area contributed by atoms with Crippen LogP contribution in [0.1, 0.15) is 24.0 Å². The fraction of sp³-hybridized carbons (Fsp3) is 0.238. The average molecular weight is 371 g/mol. The van der Waals surface area contributed by atoms with E-state index in [0.29, 0.717) is 24.1 Å². The summed E-state index contributed by atoms with van der Waals surface area (Å²) in [4.78, 5) is 26.8. The zero-order chi connectivity index (χ0) is 19.2. The predicted octanol–water partition coefficient (Wildman–Crippen LogP) is 4.69. The summed E-state index contributed by atoms with van der Waals surface area (Å²) >= 11 is 0. The highest BCUT2D eigenvalue weighted by Gasteiger charge is 2.49. The van der Waals surface area contributed by atoms with Gasteiger partial charge in [0.2, 0.25) is 11.8 Å². The Hall–Kier alpha value is -2.89. The molecule has 2 aliphatic rings. The van der Waals surface area contributed by atoms with Gasteiger partial charge >= 0.3 is 6.18 Å². The molecule has 0 radical (unpaired) electrons. The van der Waals surface area contributed by atoms with Gasteiger partial charge in [0.1, 0.15) is 0 Å². The first-order chi connectivity index (χ1) is 12.9. The van der Waals surface area contributed by atoms with Gasteiger partial charge in [-0.1, -0.05) is 36.4 Å². The van der Waals surface area contributed by atoms with Crippen LogP contribution in [0.3, 0.4) is 0 Å². The molecule has 2 atom stereocenters. The second kappa shape index (κ2) is 6.37. The summed E-state index contributed by atoms with van der Waals surface area (Å²) in [7, 11) is 0. The largest absolute Gasteiger partial charge is 0.416 e. The van der Waals surface area contributed by atoms with Gasteiger partial charge in [-0.25, -0.2) is 0 Å². The lowest BCUT2D eigenvalue weighted by molar-refractivity contribution is -0.137. The number of rotatable bonds is 2. The number of nitrogens with zero attached hydrogens (tertiary/aromatic N) is 1. The first-order valence-corrected chi connectivity index (χ1v) is 8.66. The van der Waals surface area contributed by atoms with E-state index in [2.05, 4.69) is 0 Å². The third-order valence-corrected chi connectivity index (χ3v) is 5.22. The van der Waals surface area contributed by atoms with Crippen LogP contribution in [0.25, 0.3) is 5.57 Å². The topological polar surface area (TPSA) is 37.4 Å². The second-order valence-electron chi connectivity index (χ2n) is 6.80. The molecule has 1 heterocycles. The number of hydrogen-bond acceptors (Lipinski definition) is 2. The number of para-hydroxylation sites is 1. The molecule has 2 aromatic rings. The Labute approximate surface area is 154 Å². The van der Waals surface area contributed by atoms with Crippen LogP contribution in [-0.4, -0.2) is 11.8 Å². The lowest BCUT2D eigenvalue weighted by Crippen LogP contribution is -2.30. The van der Waals surface area contributed by atoms with Crippen molar-refractivity contribution in [1.82, 2.24) is 0 Å². The van der Waals surface area contributed by atoms with E-state index in [0.717, 1.165) is 17.7 Å². The summed E-state index contributed by atoms with van der Waals surface area (Å²) in [6.07, 6.45) is -1.75. The highest BCUT2D eigenvalue weighted by Crippen LogP contribution is 2.42. The summed E-state index contributed by atoms with van der Waals surface area (Å²) < 4.78 is 38.2. The van der Waals surface area contributed by atoms with Crippen LogP contribution in [0, 0.1) is 11.8 Å². The van der Waals surface area contributed by atoms with Gasteiger partial charge in [-0.3, -0.25) is 14.5 Å². The van der Waals surface area contributed by atoms with E-state index in [1.807, 2.05) is 12.1 Å². The van der Waals surface area contributed by atoms with E-state index in [-0.39, 0.29) is 11.8 Å². The molecule has 6 heteroatoms. The van der Waals surface area contributed by atoms with Gasteiger partial charge < -0.3 is 0 Å². The molecule has 138 valence electrons. The molecular formula is C21H16F3NO2. The van der Waals surface area contributed by atoms with Crippen LogP contribution >= 0.6 is 0 Å². The first-order valence-electron chi connectivity index (χ1n) is 8.66. The van der Waals surface area contributed by atoms with Crippen LogP contribution in [0.2, 0.25) is 0 Å². The van der Waals surface area contributed by atoms with Crippen LogP contribution in [0.4, 0.5) is 18.9 Å². The van der Waals surface area contributed by atoms with Crippen molar-refractivity contribution in [2.45, 2.75) is 19.0 Å². The molecular weight excluding hydrogens is 355 g/mol. The van der Waals surface area contributed by atoms with Gasteiger partial charge in [-0.15, -0.1) is 0 Å². The Morgan fingerprint density at radius 3 is 2.11 bits per heavy atom. The summed E-state index contributed by atoms with van der Waals surface area (Å²) in [5.41, 5.74) is 1.31. The third-order valence-electron chi connectivity index (χ3n) is 5.22. The minimum Gasteiger partial charge on any atom is -0.274 e. The van der Waals surface area contributed by atoms with Crippen LogP contribution < -0.4 is 4.90 Å². The number of imide groups is 1. The molecule has 0 saturated carbocycles. The maximum Gasteiger partial charge on any atom is 0.416 e. The van der Waals surface area contributed by atoms with E-state index < -0.39 is 23.6 Å². The lowest BCUT2D eigenvalue weighted by atomic mass is 9.79. The molecule has 0 bridgehead atoms. The second-order valence-corrected chi connectivity index (χ2v) is 6.80. The molecule has 1 aliphatic carbocycles. The number of alkyl halides is 3. The van der Waals surface area contributed by atoms with Gasteiger partial charge in [0.05, 0.1) is 23.1 Å². The molecule has 2 amide bonds. The van der Waals surface area contributed by atoms with E-state index >= 15 is 0 Å². The van der Waals surface area contributed by atoms with Crippen molar-refractivity contribution >= 4 is 23.1 Å². The number of carbonyl (C=O) groups excluding carboxylic acids is 2. The molecule has 1 fully saturated rings. The van der Waals surface area contributed by atoms with Crippen molar-refractivity contribution in [2.75, 3.05) is 4.90 Å². The summed E-state index contributed by atoms with van der Waals surface area (Å²) in [5.74, 6) is -1.33. The standard InChI is InChI=1S/C21H16F3NO2/c22-21(23,24)15-9-6-13(7-10-15)14-8-11-17-18(12-14)20(27)25(19(17)26)16-4-2-1-3-5-16/h1-10,17-18H,11-12H2/t17-,18+/m0/s1. The minimum absolute atomic E-state index is 0.209. The molecule has 0 N–H and O–H groups in total. The van der Waals surface area contributed by atoms with Gasteiger partial charge in [0.15, 0.2) is 0 Å². The lowest BCUT2D eigenvalue weighted by Gasteiger charge is -2.22. The Morgan fingerprint density at radius 1 is 0.852 bits per heavy atom. The zero-order valence-electron chi connectivity index (χ0n) is 14.2. The molecule has 27 heavy (non-hydrogen) atoms. The van der Waals surface area contributed by atoms with Crippen molar-refractivity contribution in [3.8, 4) is 0 Å². The summed E-state index contributed by atoms with van der Waals surface area (Å²) in [6.45, 7) is 0. The number of amides is 2. The Kier molecular flexibility index (Phi) is 4.13. The number of benzene rings is 2. The molecule has 3 nitrogen and oxygen atoms in total. The number of anilines is 1. The van der Waals surface area contributed by atoms with E-state index in [4.69, 9.17) is 0 Å². The van der Waals surface area contributed by atoms with Crippen LogP contribution in [0.15, 0.2) is 60.7 Å². The number of allylic oxidation sites excluding steroid dienone is 2. The summed E-state index contributed by atoms with van der Waals surface area (Å²) in [5, 5.41) is 0. The van der Waals surface area contributed by atoms with Crippen molar-refractivity contribution in [2.24, 2.45) is 11.8 Å². The SMILES string of the molecule is O=C1[C@H]2CC=C(c3ccc(C(F)(F)F)cc3)C[C@H]2C(=O)N1c1ccccc1. The molecule has 1 saturated heterocycles. The van der Waals surface area contributed by atoms with E-state index in [9.17, 15) is 22.8 Å². The Morgan fingerprint density at radius 2 is 1.48 bits per heavy atom. The maximum absolute atomic E-state index is 12.8. The smallest absolute Gasteiger partial charge is 0.274 e. The number of halogens is 3. The molecule has 1 aliphatic heterocycles. The molecule has 0 spiro atoms. The van der Waals surface area contributed by atoms with Crippen molar-refractivity contribution < 1.29 is 22.8 Å². The van der Waals surface area contributed by atoms with Gasteiger partial charge in [0.25, 0.3) is 0 Å².